The van der Waals surface area contributed by atoms with Gasteiger partial charge in [-0.2, -0.15) is 0 Å². The van der Waals surface area contributed by atoms with Gasteiger partial charge in [0.1, 0.15) is 12.1 Å². The van der Waals surface area contributed by atoms with Crippen molar-refractivity contribution in [1.82, 2.24) is 15.2 Å². The summed E-state index contributed by atoms with van der Waals surface area (Å²) in [7, 11) is 0. The summed E-state index contributed by atoms with van der Waals surface area (Å²) < 4.78 is 0. The normalized spacial score (nSPS) is 18.1. The number of unbranched alkanes of at least 4 members (excludes halogenated alkanes) is 1. The number of carbonyl (C=O) groups excluding carboxylic acids is 2. The Morgan fingerprint density at radius 1 is 1.26 bits per heavy atom. The zero-order valence-electron chi connectivity index (χ0n) is 17.5. The van der Waals surface area contributed by atoms with Crippen molar-refractivity contribution < 1.29 is 19.5 Å². The van der Waals surface area contributed by atoms with E-state index in [2.05, 4.69) is 10.3 Å². The van der Waals surface area contributed by atoms with Crippen LogP contribution in [-0.2, 0) is 20.8 Å². The van der Waals surface area contributed by atoms with Crippen molar-refractivity contribution in [3.05, 3.63) is 36.0 Å². The molecule has 1 aromatic carbocycles. The highest BCUT2D eigenvalue weighted by atomic mass is 16.4. The number of para-hydroxylation sites is 1. The Kier molecular flexibility index (Phi) is 7.64. The minimum Gasteiger partial charge on any atom is -0.480 e. The van der Waals surface area contributed by atoms with Crippen LogP contribution in [0, 0.1) is 0 Å². The SMILES string of the molecule is NCCCCC(NC(=O)C(N)Cc1c[nH]c2ccccc12)C(=O)N1CCCC1C(=O)O. The van der Waals surface area contributed by atoms with Crippen LogP contribution in [0.25, 0.3) is 10.9 Å². The van der Waals surface area contributed by atoms with Crippen LogP contribution in [0.2, 0.25) is 0 Å². The molecule has 1 aromatic heterocycles. The molecule has 0 bridgehead atoms. The lowest BCUT2D eigenvalue weighted by atomic mass is 10.0. The average Bonchev–Trinajstić information content (AvgIpc) is 3.40. The Bertz CT molecular complexity index is 928. The summed E-state index contributed by atoms with van der Waals surface area (Å²) in [5.74, 6) is -1.81. The highest BCUT2D eigenvalue weighted by Crippen LogP contribution is 2.21. The van der Waals surface area contributed by atoms with Gasteiger partial charge in [-0.25, -0.2) is 4.79 Å². The second-order valence-corrected chi connectivity index (χ2v) is 8.04. The molecular weight excluding hydrogens is 398 g/mol. The molecule has 3 rings (SSSR count). The van der Waals surface area contributed by atoms with Gasteiger partial charge in [0.25, 0.3) is 0 Å². The van der Waals surface area contributed by atoms with E-state index in [-0.39, 0.29) is 5.91 Å². The molecule has 3 atom stereocenters. The number of aromatic nitrogens is 1. The van der Waals surface area contributed by atoms with Crippen LogP contribution in [0.3, 0.4) is 0 Å². The first-order valence-electron chi connectivity index (χ1n) is 10.8. The van der Waals surface area contributed by atoms with Crippen LogP contribution >= 0.6 is 0 Å². The molecule has 0 saturated carbocycles. The first-order valence-corrected chi connectivity index (χ1v) is 10.8. The molecule has 3 unspecified atom stereocenters. The van der Waals surface area contributed by atoms with E-state index in [1.165, 1.54) is 4.90 Å². The number of aromatic amines is 1. The third-order valence-electron chi connectivity index (χ3n) is 5.83. The predicted octanol–water partition coefficient (Wildman–Crippen LogP) is 0.727. The number of nitrogens with two attached hydrogens (primary N) is 2. The average molecular weight is 430 g/mol. The molecular formula is C22H31N5O4. The van der Waals surface area contributed by atoms with Gasteiger partial charge in [0.2, 0.25) is 11.8 Å². The van der Waals surface area contributed by atoms with Gasteiger partial charge in [0.15, 0.2) is 0 Å². The van der Waals surface area contributed by atoms with Crippen LogP contribution in [0.15, 0.2) is 30.5 Å². The standard InChI is InChI=1S/C22H31N5O4/c23-10-4-3-8-18(21(29)27-11-5-9-19(27)22(30)31)26-20(28)16(24)12-14-13-25-17-7-2-1-6-15(14)17/h1-2,6-7,13,16,18-19,25H,3-5,8-12,23-24H2,(H,26,28)(H,30,31). The summed E-state index contributed by atoms with van der Waals surface area (Å²) in [5, 5.41) is 13.2. The molecule has 7 N–H and O–H groups in total. The fraction of sp³-hybridized carbons (Fsp3) is 0.500. The van der Waals surface area contributed by atoms with E-state index < -0.39 is 30.0 Å². The quantitative estimate of drug-likeness (QED) is 0.351. The largest absolute Gasteiger partial charge is 0.480 e. The van der Waals surface area contributed by atoms with Crippen molar-refractivity contribution in [3.63, 3.8) is 0 Å². The lowest BCUT2D eigenvalue weighted by Gasteiger charge is -2.28. The molecule has 9 nitrogen and oxygen atoms in total. The maximum absolute atomic E-state index is 13.1. The Morgan fingerprint density at radius 2 is 2.03 bits per heavy atom. The molecule has 168 valence electrons. The van der Waals surface area contributed by atoms with Gasteiger partial charge < -0.3 is 31.8 Å². The summed E-state index contributed by atoms with van der Waals surface area (Å²) in [6.07, 6.45) is 4.96. The van der Waals surface area contributed by atoms with E-state index in [0.29, 0.717) is 51.6 Å². The van der Waals surface area contributed by atoms with E-state index >= 15 is 0 Å². The Morgan fingerprint density at radius 3 is 2.77 bits per heavy atom. The summed E-state index contributed by atoms with van der Waals surface area (Å²) in [4.78, 5) is 41.9. The molecule has 2 heterocycles. The number of likely N-dealkylation sites (tertiary alicyclic amines) is 1. The second-order valence-electron chi connectivity index (χ2n) is 8.04. The minimum atomic E-state index is -1.02. The van der Waals surface area contributed by atoms with Gasteiger partial charge >= 0.3 is 5.97 Å². The highest BCUT2D eigenvalue weighted by Gasteiger charge is 2.37. The summed E-state index contributed by atoms with van der Waals surface area (Å²) in [5.41, 5.74) is 13.6. The molecule has 9 heteroatoms. The first kappa shape index (κ1) is 22.8. The molecule has 2 aromatic rings. The fourth-order valence-electron chi connectivity index (χ4n) is 4.15. The Hall–Kier alpha value is -2.91. The molecule has 0 radical (unpaired) electrons. The number of nitrogens with zero attached hydrogens (tertiary/aromatic N) is 1. The van der Waals surface area contributed by atoms with Crippen LogP contribution in [0.5, 0.6) is 0 Å². The van der Waals surface area contributed by atoms with E-state index in [1.54, 1.807) is 0 Å². The number of hydrogen-bond donors (Lipinski definition) is 5. The number of carbonyl (C=O) groups is 3. The van der Waals surface area contributed by atoms with Crippen LogP contribution in [0.1, 0.15) is 37.7 Å². The van der Waals surface area contributed by atoms with Crippen molar-refractivity contribution in [2.45, 2.75) is 56.7 Å². The number of carboxylic acids is 1. The van der Waals surface area contributed by atoms with Gasteiger partial charge in [-0.15, -0.1) is 0 Å². The number of hydrogen-bond acceptors (Lipinski definition) is 5. The van der Waals surface area contributed by atoms with Gasteiger partial charge in [0.05, 0.1) is 6.04 Å². The maximum atomic E-state index is 13.1. The maximum Gasteiger partial charge on any atom is 0.326 e. The summed E-state index contributed by atoms with van der Waals surface area (Å²) in [6.45, 7) is 0.858. The Labute approximate surface area is 181 Å². The van der Waals surface area contributed by atoms with Crippen molar-refractivity contribution in [2.75, 3.05) is 13.1 Å². The summed E-state index contributed by atoms with van der Waals surface area (Å²) >= 11 is 0. The zero-order valence-corrected chi connectivity index (χ0v) is 17.5. The topological polar surface area (TPSA) is 155 Å². The van der Waals surface area contributed by atoms with Crippen molar-refractivity contribution in [3.8, 4) is 0 Å². The van der Waals surface area contributed by atoms with Gasteiger partial charge in [-0.1, -0.05) is 18.2 Å². The molecule has 0 spiro atoms. The van der Waals surface area contributed by atoms with E-state index in [0.717, 1.165) is 16.5 Å². The lowest BCUT2D eigenvalue weighted by Crippen LogP contribution is -2.54. The number of amides is 2. The summed E-state index contributed by atoms with van der Waals surface area (Å²) in [6, 6.07) is 5.27. The fourth-order valence-corrected chi connectivity index (χ4v) is 4.15. The van der Waals surface area contributed by atoms with Crippen molar-refractivity contribution in [2.24, 2.45) is 11.5 Å². The molecule has 1 aliphatic heterocycles. The van der Waals surface area contributed by atoms with E-state index in [1.807, 2.05) is 30.5 Å². The third kappa shape index (κ3) is 5.42. The molecule has 31 heavy (non-hydrogen) atoms. The second kappa shape index (κ2) is 10.4. The highest BCUT2D eigenvalue weighted by molar-refractivity contribution is 5.92. The zero-order chi connectivity index (χ0) is 22.4. The van der Waals surface area contributed by atoms with E-state index in [9.17, 15) is 19.5 Å². The number of carboxylic acid groups (broad SMARTS) is 1. The number of fused-ring (bicyclic) bond motifs is 1. The molecule has 0 aliphatic carbocycles. The van der Waals surface area contributed by atoms with Crippen LogP contribution < -0.4 is 16.8 Å². The van der Waals surface area contributed by atoms with Gasteiger partial charge in [-0.3, -0.25) is 9.59 Å². The first-order chi connectivity index (χ1) is 14.9. The van der Waals surface area contributed by atoms with Crippen molar-refractivity contribution >= 4 is 28.7 Å². The van der Waals surface area contributed by atoms with Gasteiger partial charge in [-0.05, 0) is 56.7 Å². The number of H-pyrrole nitrogens is 1. The molecule has 1 aliphatic rings. The lowest BCUT2D eigenvalue weighted by molar-refractivity contribution is -0.149. The molecule has 2 amide bonds. The molecule has 1 fully saturated rings. The smallest absolute Gasteiger partial charge is 0.326 e. The van der Waals surface area contributed by atoms with Gasteiger partial charge in [0, 0.05) is 23.6 Å². The third-order valence-corrected chi connectivity index (χ3v) is 5.83. The van der Waals surface area contributed by atoms with Crippen LogP contribution in [0.4, 0.5) is 0 Å². The molecule has 1 saturated heterocycles. The monoisotopic (exact) mass is 429 g/mol. The van der Waals surface area contributed by atoms with Crippen LogP contribution in [-0.4, -0.2) is 64.0 Å². The number of nitrogens with one attached hydrogen (secondary N) is 2. The number of rotatable bonds is 10. The number of benzene rings is 1. The Balaban J connectivity index is 1.68. The predicted molar refractivity (Wildman–Crippen MR) is 117 cm³/mol. The van der Waals surface area contributed by atoms with Crippen molar-refractivity contribution in [1.29, 1.82) is 0 Å². The number of aliphatic carboxylic acids is 1. The van der Waals surface area contributed by atoms with E-state index in [4.69, 9.17) is 11.5 Å². The minimum absolute atomic E-state index is 0.320.